The van der Waals surface area contributed by atoms with Gasteiger partial charge < -0.3 is 14.6 Å². The Labute approximate surface area is 146 Å². The number of fused-ring (bicyclic) bond motifs is 1. The minimum atomic E-state index is -0.447. The van der Waals surface area contributed by atoms with Crippen LogP contribution in [0.2, 0.25) is 5.02 Å². The fourth-order valence-corrected chi connectivity index (χ4v) is 3.26. The predicted octanol–water partition coefficient (Wildman–Crippen LogP) is 3.72. The third kappa shape index (κ3) is 2.68. The van der Waals surface area contributed by atoms with E-state index < -0.39 is 5.97 Å². The average molecular weight is 396 g/mol. The lowest BCUT2D eigenvalue weighted by Gasteiger charge is -2.05. The van der Waals surface area contributed by atoms with Crippen molar-refractivity contribution < 1.29 is 14.3 Å². The first kappa shape index (κ1) is 15.8. The minimum Gasteiger partial charge on any atom is -0.464 e. The van der Waals surface area contributed by atoms with Gasteiger partial charge in [-0.3, -0.25) is 4.79 Å². The van der Waals surface area contributed by atoms with Crippen LogP contribution in [0.4, 0.5) is 5.69 Å². The molecule has 0 radical (unpaired) electrons. The number of benzene rings is 1. The Morgan fingerprint density at radius 1 is 1.39 bits per heavy atom. The van der Waals surface area contributed by atoms with Crippen LogP contribution in [0.25, 0.3) is 11.6 Å². The standard InChI is InChI=1S/C16H12BrClN2O3/c1-20-13(11(17)7-14(20)16(22)23-2)6-10-9-5-8(18)3-4-12(9)19-15(10)21/h3-7H,1-2H3,(H,19,21)/b10-6+. The van der Waals surface area contributed by atoms with Crippen LogP contribution in [0.1, 0.15) is 21.7 Å². The number of carbonyl (C=O) groups is 2. The van der Waals surface area contributed by atoms with Crippen LogP contribution in [0.5, 0.6) is 0 Å². The van der Waals surface area contributed by atoms with Crippen molar-refractivity contribution in [3.05, 3.63) is 50.7 Å². The number of hydrogen-bond acceptors (Lipinski definition) is 3. The molecule has 0 spiro atoms. The van der Waals surface area contributed by atoms with Crippen LogP contribution in [0.3, 0.4) is 0 Å². The summed E-state index contributed by atoms with van der Waals surface area (Å²) in [6.45, 7) is 0. The van der Waals surface area contributed by atoms with Crippen molar-refractivity contribution in [1.82, 2.24) is 4.57 Å². The molecule has 5 nitrogen and oxygen atoms in total. The Bertz CT molecular complexity index is 870. The summed E-state index contributed by atoms with van der Waals surface area (Å²) in [6, 6.07) is 6.87. The molecule has 0 aliphatic carbocycles. The van der Waals surface area contributed by atoms with E-state index in [0.717, 1.165) is 5.56 Å². The highest BCUT2D eigenvalue weighted by molar-refractivity contribution is 9.10. The Morgan fingerprint density at radius 2 is 2.13 bits per heavy atom. The maximum absolute atomic E-state index is 12.2. The molecular formula is C16H12BrClN2O3. The number of nitrogens with zero attached hydrogens (tertiary/aromatic N) is 1. The molecule has 23 heavy (non-hydrogen) atoms. The number of aromatic nitrogens is 1. The van der Waals surface area contributed by atoms with Crippen LogP contribution < -0.4 is 5.32 Å². The first-order valence-corrected chi connectivity index (χ1v) is 7.86. The number of esters is 1. The van der Waals surface area contributed by atoms with E-state index in [-0.39, 0.29) is 5.91 Å². The Kier molecular flexibility index (Phi) is 4.04. The van der Waals surface area contributed by atoms with Crippen LogP contribution in [-0.4, -0.2) is 23.6 Å². The molecule has 0 fully saturated rings. The lowest BCUT2D eigenvalue weighted by molar-refractivity contribution is -0.110. The molecule has 0 saturated heterocycles. The van der Waals surface area contributed by atoms with Gasteiger partial charge in [0.05, 0.1) is 18.4 Å². The summed E-state index contributed by atoms with van der Waals surface area (Å²) in [5.41, 5.74) is 3.00. The molecule has 2 heterocycles. The van der Waals surface area contributed by atoms with Gasteiger partial charge >= 0.3 is 5.97 Å². The van der Waals surface area contributed by atoms with Gasteiger partial charge in [0.2, 0.25) is 0 Å². The number of hydrogen-bond donors (Lipinski definition) is 1. The summed E-state index contributed by atoms with van der Waals surface area (Å²) in [6.07, 6.45) is 1.72. The highest BCUT2D eigenvalue weighted by Crippen LogP contribution is 2.36. The van der Waals surface area contributed by atoms with Crippen molar-refractivity contribution in [3.8, 4) is 0 Å². The molecule has 118 valence electrons. The van der Waals surface area contributed by atoms with Gasteiger partial charge in [-0.15, -0.1) is 0 Å². The van der Waals surface area contributed by atoms with Crippen molar-refractivity contribution in [2.75, 3.05) is 12.4 Å². The zero-order valence-corrected chi connectivity index (χ0v) is 14.7. The number of ether oxygens (including phenoxy) is 1. The van der Waals surface area contributed by atoms with Gasteiger partial charge in [-0.1, -0.05) is 11.6 Å². The maximum Gasteiger partial charge on any atom is 0.354 e. The van der Waals surface area contributed by atoms with Gasteiger partial charge in [0.1, 0.15) is 5.69 Å². The van der Waals surface area contributed by atoms with E-state index in [4.69, 9.17) is 16.3 Å². The quantitative estimate of drug-likeness (QED) is 0.623. The molecule has 0 atom stereocenters. The normalized spacial score (nSPS) is 14.8. The molecule has 1 N–H and O–H groups in total. The SMILES string of the molecule is COC(=O)c1cc(Br)c(/C=C2/C(=O)Nc3ccc(Cl)cc32)n1C. The number of anilines is 1. The lowest BCUT2D eigenvalue weighted by Crippen LogP contribution is -2.08. The molecule has 1 aromatic carbocycles. The first-order valence-electron chi connectivity index (χ1n) is 6.69. The van der Waals surface area contributed by atoms with Crippen molar-refractivity contribution in [2.24, 2.45) is 7.05 Å². The summed E-state index contributed by atoms with van der Waals surface area (Å²) in [4.78, 5) is 24.0. The summed E-state index contributed by atoms with van der Waals surface area (Å²) >= 11 is 9.44. The van der Waals surface area contributed by atoms with E-state index in [0.29, 0.717) is 32.1 Å². The van der Waals surface area contributed by atoms with Gasteiger partial charge in [-0.2, -0.15) is 0 Å². The highest BCUT2D eigenvalue weighted by atomic mass is 79.9. The van der Waals surface area contributed by atoms with Crippen molar-refractivity contribution in [3.63, 3.8) is 0 Å². The van der Waals surface area contributed by atoms with E-state index in [1.165, 1.54) is 7.11 Å². The molecule has 2 aromatic rings. The van der Waals surface area contributed by atoms with Gasteiger partial charge in [0, 0.05) is 27.8 Å². The number of carbonyl (C=O) groups excluding carboxylic acids is 2. The maximum atomic E-state index is 12.2. The summed E-state index contributed by atoms with van der Waals surface area (Å²) in [7, 11) is 3.05. The topological polar surface area (TPSA) is 60.3 Å². The second-order valence-electron chi connectivity index (χ2n) is 5.02. The van der Waals surface area contributed by atoms with Crippen molar-refractivity contribution >= 4 is 56.7 Å². The third-order valence-electron chi connectivity index (χ3n) is 3.67. The molecule has 1 amide bonds. The van der Waals surface area contributed by atoms with Crippen molar-refractivity contribution in [2.45, 2.75) is 0 Å². The van der Waals surface area contributed by atoms with E-state index >= 15 is 0 Å². The summed E-state index contributed by atoms with van der Waals surface area (Å²) < 4.78 is 7.11. The summed E-state index contributed by atoms with van der Waals surface area (Å²) in [5, 5.41) is 3.34. The summed E-state index contributed by atoms with van der Waals surface area (Å²) in [5.74, 6) is -0.660. The number of rotatable bonds is 2. The molecule has 1 aromatic heterocycles. The second kappa shape index (κ2) is 5.86. The fourth-order valence-electron chi connectivity index (χ4n) is 2.49. The largest absolute Gasteiger partial charge is 0.464 e. The Hall–Kier alpha value is -2.05. The Balaban J connectivity index is 2.14. The average Bonchev–Trinajstić information content (AvgIpc) is 2.98. The highest BCUT2D eigenvalue weighted by Gasteiger charge is 2.26. The smallest absolute Gasteiger partial charge is 0.354 e. The zero-order valence-electron chi connectivity index (χ0n) is 12.3. The van der Waals surface area contributed by atoms with E-state index in [2.05, 4.69) is 21.2 Å². The number of methoxy groups -OCH3 is 1. The van der Waals surface area contributed by atoms with Crippen LogP contribution in [0.15, 0.2) is 28.7 Å². The molecule has 0 unspecified atom stereocenters. The fraction of sp³-hybridized carbons (Fsp3) is 0.125. The van der Waals surface area contributed by atoms with E-state index in [9.17, 15) is 9.59 Å². The van der Waals surface area contributed by atoms with Crippen LogP contribution in [-0.2, 0) is 16.6 Å². The van der Waals surface area contributed by atoms with Gasteiger partial charge in [-0.05, 0) is 46.3 Å². The second-order valence-corrected chi connectivity index (χ2v) is 6.31. The van der Waals surface area contributed by atoms with Crippen LogP contribution >= 0.6 is 27.5 Å². The molecular weight excluding hydrogens is 384 g/mol. The molecule has 0 bridgehead atoms. The number of amides is 1. The van der Waals surface area contributed by atoms with Gasteiger partial charge in [0.25, 0.3) is 5.91 Å². The first-order chi connectivity index (χ1) is 10.9. The van der Waals surface area contributed by atoms with E-state index in [1.54, 1.807) is 42.0 Å². The van der Waals surface area contributed by atoms with Gasteiger partial charge in [-0.25, -0.2) is 4.79 Å². The van der Waals surface area contributed by atoms with Gasteiger partial charge in [0.15, 0.2) is 0 Å². The lowest BCUT2D eigenvalue weighted by atomic mass is 10.1. The number of nitrogens with one attached hydrogen (secondary N) is 1. The van der Waals surface area contributed by atoms with Crippen LogP contribution in [0, 0.1) is 0 Å². The molecule has 7 heteroatoms. The molecule has 0 saturated carbocycles. The Morgan fingerprint density at radius 3 is 2.83 bits per heavy atom. The van der Waals surface area contributed by atoms with Crippen molar-refractivity contribution in [1.29, 1.82) is 0 Å². The molecule has 1 aliphatic rings. The molecule has 3 rings (SSSR count). The zero-order chi connectivity index (χ0) is 16.7. The third-order valence-corrected chi connectivity index (χ3v) is 4.54. The molecule has 1 aliphatic heterocycles. The monoisotopic (exact) mass is 394 g/mol. The number of halogens is 2. The minimum absolute atomic E-state index is 0.213. The van der Waals surface area contributed by atoms with E-state index in [1.807, 2.05) is 0 Å². The predicted molar refractivity (Wildman–Crippen MR) is 92.4 cm³/mol.